The van der Waals surface area contributed by atoms with Crippen molar-refractivity contribution in [3.63, 3.8) is 0 Å². The third-order valence-electron chi connectivity index (χ3n) is 4.54. The molecule has 1 fully saturated rings. The van der Waals surface area contributed by atoms with E-state index in [4.69, 9.17) is 15.7 Å². The molecule has 0 bridgehead atoms. The first-order valence-electron chi connectivity index (χ1n) is 8.66. The fraction of sp³-hybridized carbons (Fsp3) is 0.250. The van der Waals surface area contributed by atoms with Crippen LogP contribution in [0.25, 0.3) is 22.8 Å². The van der Waals surface area contributed by atoms with Crippen LogP contribution in [0.2, 0.25) is 0 Å². The van der Waals surface area contributed by atoms with Gasteiger partial charge in [0.15, 0.2) is 5.82 Å². The molecule has 1 aromatic carbocycles. The second kappa shape index (κ2) is 6.99. The smallest absolute Gasteiger partial charge is 0.162 e. The molecule has 3 heterocycles. The molecule has 3 aromatic rings. The van der Waals surface area contributed by atoms with Crippen molar-refractivity contribution < 1.29 is 0 Å². The minimum Gasteiger partial charge on any atom is -0.356 e. The second-order valence-corrected chi connectivity index (χ2v) is 6.34. The van der Waals surface area contributed by atoms with Gasteiger partial charge in [0, 0.05) is 37.0 Å². The van der Waals surface area contributed by atoms with Gasteiger partial charge in [-0.05, 0) is 25.0 Å². The lowest BCUT2D eigenvalue weighted by atomic mass is 10.1. The van der Waals surface area contributed by atoms with E-state index in [1.165, 1.54) is 0 Å². The number of hydrogen-bond donors (Lipinski definition) is 1. The Labute approximate surface area is 147 Å². The highest BCUT2D eigenvalue weighted by molar-refractivity contribution is 5.65. The summed E-state index contributed by atoms with van der Waals surface area (Å²) in [7, 11) is 0. The van der Waals surface area contributed by atoms with E-state index >= 15 is 0 Å². The molecule has 5 heteroatoms. The average Bonchev–Trinajstić information content (AvgIpc) is 2.69. The molecule has 4 rings (SSSR count). The molecule has 0 saturated carbocycles. The summed E-state index contributed by atoms with van der Waals surface area (Å²) in [4.78, 5) is 16.3. The van der Waals surface area contributed by atoms with Crippen molar-refractivity contribution in [1.29, 1.82) is 0 Å². The van der Waals surface area contributed by atoms with Crippen molar-refractivity contribution in [2.45, 2.75) is 18.9 Å². The first-order valence-corrected chi connectivity index (χ1v) is 8.66. The molecule has 1 aliphatic heterocycles. The molecule has 25 heavy (non-hydrogen) atoms. The Kier molecular flexibility index (Phi) is 4.39. The maximum Gasteiger partial charge on any atom is 0.162 e. The molecule has 0 spiro atoms. The van der Waals surface area contributed by atoms with Crippen LogP contribution in [0, 0.1) is 0 Å². The van der Waals surface area contributed by atoms with Gasteiger partial charge in [0.2, 0.25) is 0 Å². The Morgan fingerprint density at radius 2 is 1.64 bits per heavy atom. The van der Waals surface area contributed by atoms with E-state index in [2.05, 4.69) is 9.88 Å². The predicted molar refractivity (Wildman–Crippen MR) is 100 cm³/mol. The largest absolute Gasteiger partial charge is 0.356 e. The highest BCUT2D eigenvalue weighted by Gasteiger charge is 2.19. The molecule has 1 aliphatic rings. The van der Waals surface area contributed by atoms with Gasteiger partial charge in [-0.3, -0.25) is 4.98 Å². The van der Waals surface area contributed by atoms with Gasteiger partial charge in [0.25, 0.3) is 0 Å². The lowest BCUT2D eigenvalue weighted by molar-refractivity contribution is 0.498. The van der Waals surface area contributed by atoms with Crippen molar-refractivity contribution in [3.8, 4) is 22.8 Å². The minimum atomic E-state index is 0.293. The SMILES string of the molecule is NC1CCN(c2cc(-c3ccccn3)nc(-c3ccccc3)n2)CC1. The van der Waals surface area contributed by atoms with Crippen molar-refractivity contribution >= 4 is 5.82 Å². The lowest BCUT2D eigenvalue weighted by Crippen LogP contribution is -2.40. The van der Waals surface area contributed by atoms with E-state index in [0.29, 0.717) is 6.04 Å². The number of rotatable bonds is 3. The van der Waals surface area contributed by atoms with Crippen LogP contribution in [0.3, 0.4) is 0 Å². The number of aromatic nitrogens is 3. The number of nitrogens with zero attached hydrogens (tertiary/aromatic N) is 4. The average molecular weight is 331 g/mol. The van der Waals surface area contributed by atoms with Crippen LogP contribution in [0.15, 0.2) is 60.8 Å². The van der Waals surface area contributed by atoms with Crippen LogP contribution in [0.5, 0.6) is 0 Å². The van der Waals surface area contributed by atoms with Crippen LogP contribution in [-0.2, 0) is 0 Å². The normalized spacial score (nSPS) is 15.3. The van der Waals surface area contributed by atoms with Gasteiger partial charge in [0.1, 0.15) is 5.82 Å². The first kappa shape index (κ1) is 15.7. The van der Waals surface area contributed by atoms with E-state index in [9.17, 15) is 0 Å². The first-order chi connectivity index (χ1) is 12.3. The van der Waals surface area contributed by atoms with Gasteiger partial charge >= 0.3 is 0 Å². The highest BCUT2D eigenvalue weighted by Crippen LogP contribution is 2.26. The Bertz CT molecular complexity index is 769. The molecule has 0 aliphatic carbocycles. The third kappa shape index (κ3) is 3.51. The van der Waals surface area contributed by atoms with Gasteiger partial charge in [-0.1, -0.05) is 36.4 Å². The van der Waals surface area contributed by atoms with Crippen LogP contribution >= 0.6 is 0 Å². The summed E-state index contributed by atoms with van der Waals surface area (Å²) >= 11 is 0. The lowest BCUT2D eigenvalue weighted by Gasteiger charge is -2.31. The Morgan fingerprint density at radius 1 is 0.880 bits per heavy atom. The molecule has 2 N–H and O–H groups in total. The van der Waals surface area contributed by atoms with E-state index in [-0.39, 0.29) is 0 Å². The molecule has 0 unspecified atom stereocenters. The van der Waals surface area contributed by atoms with Crippen molar-refractivity contribution in [2.24, 2.45) is 5.73 Å². The van der Waals surface area contributed by atoms with Crippen LogP contribution in [0.1, 0.15) is 12.8 Å². The standard InChI is InChI=1S/C20H21N5/c21-16-9-12-25(13-10-16)19-14-18(17-8-4-5-11-22-17)23-20(24-19)15-6-2-1-3-7-15/h1-8,11,14,16H,9-10,12-13,21H2. The Morgan fingerprint density at radius 3 is 2.36 bits per heavy atom. The molecular formula is C20H21N5. The number of nitrogens with two attached hydrogens (primary N) is 1. The van der Waals surface area contributed by atoms with E-state index in [0.717, 1.165) is 54.5 Å². The number of hydrogen-bond acceptors (Lipinski definition) is 5. The maximum atomic E-state index is 6.05. The molecule has 5 nitrogen and oxygen atoms in total. The molecule has 0 atom stereocenters. The zero-order chi connectivity index (χ0) is 17.1. The monoisotopic (exact) mass is 331 g/mol. The summed E-state index contributed by atoms with van der Waals surface area (Å²) in [6.07, 6.45) is 3.77. The zero-order valence-corrected chi connectivity index (χ0v) is 14.0. The quantitative estimate of drug-likeness (QED) is 0.798. The van der Waals surface area contributed by atoms with Crippen molar-refractivity contribution in [2.75, 3.05) is 18.0 Å². The van der Waals surface area contributed by atoms with Gasteiger partial charge in [0.05, 0.1) is 11.4 Å². The van der Waals surface area contributed by atoms with E-state index in [1.807, 2.05) is 54.6 Å². The van der Waals surface area contributed by atoms with Crippen molar-refractivity contribution in [3.05, 3.63) is 60.8 Å². The predicted octanol–water partition coefficient (Wildman–Crippen LogP) is 3.13. The van der Waals surface area contributed by atoms with E-state index < -0.39 is 0 Å². The van der Waals surface area contributed by atoms with Gasteiger partial charge in [-0.25, -0.2) is 9.97 Å². The summed E-state index contributed by atoms with van der Waals surface area (Å²) in [5.41, 5.74) is 8.76. The number of anilines is 1. The topological polar surface area (TPSA) is 67.9 Å². The molecule has 126 valence electrons. The number of pyridine rings is 1. The summed E-state index contributed by atoms with van der Waals surface area (Å²) in [6.45, 7) is 1.85. The summed E-state index contributed by atoms with van der Waals surface area (Å²) in [6, 6.07) is 18.3. The zero-order valence-electron chi connectivity index (χ0n) is 14.0. The summed E-state index contributed by atoms with van der Waals surface area (Å²) in [5, 5.41) is 0. The second-order valence-electron chi connectivity index (χ2n) is 6.34. The number of piperidine rings is 1. The van der Waals surface area contributed by atoms with Gasteiger partial charge in [-0.2, -0.15) is 0 Å². The molecular weight excluding hydrogens is 310 g/mol. The summed E-state index contributed by atoms with van der Waals surface area (Å²) < 4.78 is 0. The highest BCUT2D eigenvalue weighted by atomic mass is 15.2. The van der Waals surface area contributed by atoms with E-state index in [1.54, 1.807) is 6.20 Å². The molecule has 0 radical (unpaired) electrons. The van der Waals surface area contributed by atoms with Crippen LogP contribution < -0.4 is 10.6 Å². The van der Waals surface area contributed by atoms with Gasteiger partial charge < -0.3 is 10.6 Å². The van der Waals surface area contributed by atoms with Gasteiger partial charge in [-0.15, -0.1) is 0 Å². The Balaban J connectivity index is 1.78. The summed E-state index contributed by atoms with van der Waals surface area (Å²) in [5.74, 6) is 1.68. The van der Waals surface area contributed by atoms with Crippen LogP contribution in [-0.4, -0.2) is 34.1 Å². The minimum absolute atomic E-state index is 0.293. The third-order valence-corrected chi connectivity index (χ3v) is 4.54. The molecule has 0 amide bonds. The maximum absolute atomic E-state index is 6.05. The fourth-order valence-electron chi connectivity index (χ4n) is 3.09. The fourth-order valence-corrected chi connectivity index (χ4v) is 3.09. The van der Waals surface area contributed by atoms with Crippen molar-refractivity contribution in [1.82, 2.24) is 15.0 Å². The molecule has 2 aromatic heterocycles. The molecule has 1 saturated heterocycles. The van der Waals surface area contributed by atoms with Crippen LogP contribution in [0.4, 0.5) is 5.82 Å². The Hall–Kier alpha value is -2.79. The number of benzene rings is 1.